The van der Waals surface area contributed by atoms with E-state index in [2.05, 4.69) is 16.0 Å². The van der Waals surface area contributed by atoms with Crippen molar-refractivity contribution >= 4 is 5.82 Å². The van der Waals surface area contributed by atoms with Gasteiger partial charge in [-0.1, -0.05) is 0 Å². The van der Waals surface area contributed by atoms with Gasteiger partial charge < -0.3 is 24.2 Å². The van der Waals surface area contributed by atoms with E-state index in [1.807, 2.05) is 13.8 Å². The highest BCUT2D eigenvalue weighted by Crippen LogP contribution is 2.38. The van der Waals surface area contributed by atoms with Gasteiger partial charge in [-0.3, -0.25) is 0 Å². The molecule has 3 heterocycles. The van der Waals surface area contributed by atoms with E-state index >= 15 is 0 Å². The van der Waals surface area contributed by atoms with Gasteiger partial charge in [0, 0.05) is 25.1 Å². The van der Waals surface area contributed by atoms with Crippen molar-refractivity contribution in [3.05, 3.63) is 16.7 Å². The van der Waals surface area contributed by atoms with E-state index in [1.165, 1.54) is 0 Å². The molecule has 0 atom stereocenters. The second kappa shape index (κ2) is 6.93. The average molecular weight is 333 g/mol. The van der Waals surface area contributed by atoms with Crippen LogP contribution in [-0.4, -0.2) is 55.2 Å². The molecule has 130 valence electrons. The molecular formula is C17H23N3O4. The third-order valence-corrected chi connectivity index (χ3v) is 4.32. The molecular weight excluding hydrogens is 310 g/mol. The molecule has 0 aliphatic carbocycles. The Morgan fingerprint density at radius 1 is 1.33 bits per heavy atom. The first-order valence-electron chi connectivity index (χ1n) is 8.22. The SMILES string of the molecule is CC1(C)Cc2c(C#N)c(OCCO)nc(N3CCOCC3)c2CO1. The molecule has 2 aliphatic heterocycles. The predicted molar refractivity (Wildman–Crippen MR) is 87.1 cm³/mol. The van der Waals surface area contributed by atoms with E-state index in [1.54, 1.807) is 0 Å². The highest BCUT2D eigenvalue weighted by molar-refractivity contribution is 5.61. The molecule has 7 nitrogen and oxygen atoms in total. The first-order chi connectivity index (χ1) is 11.6. The number of nitrogens with zero attached hydrogens (tertiary/aromatic N) is 3. The van der Waals surface area contributed by atoms with Crippen LogP contribution in [0.1, 0.15) is 30.5 Å². The zero-order valence-corrected chi connectivity index (χ0v) is 14.2. The summed E-state index contributed by atoms with van der Waals surface area (Å²) in [6.07, 6.45) is 0.626. The molecule has 0 bridgehead atoms. The van der Waals surface area contributed by atoms with Crippen molar-refractivity contribution in [1.29, 1.82) is 5.26 Å². The molecule has 1 N–H and O–H groups in total. The third kappa shape index (κ3) is 3.31. The van der Waals surface area contributed by atoms with Gasteiger partial charge in [0.15, 0.2) is 0 Å². The Bertz CT molecular complexity index is 648. The van der Waals surface area contributed by atoms with E-state index in [9.17, 15) is 5.26 Å². The zero-order valence-electron chi connectivity index (χ0n) is 14.2. The van der Waals surface area contributed by atoms with Crippen LogP contribution in [0.2, 0.25) is 0 Å². The van der Waals surface area contributed by atoms with E-state index in [0.29, 0.717) is 37.7 Å². The monoisotopic (exact) mass is 333 g/mol. The highest BCUT2D eigenvalue weighted by Gasteiger charge is 2.33. The van der Waals surface area contributed by atoms with Gasteiger partial charge in [0.1, 0.15) is 24.1 Å². The fourth-order valence-corrected chi connectivity index (χ4v) is 3.12. The third-order valence-electron chi connectivity index (χ3n) is 4.32. The van der Waals surface area contributed by atoms with Crippen molar-refractivity contribution in [2.75, 3.05) is 44.4 Å². The Morgan fingerprint density at radius 3 is 2.75 bits per heavy atom. The van der Waals surface area contributed by atoms with Gasteiger partial charge in [0.2, 0.25) is 5.88 Å². The van der Waals surface area contributed by atoms with Gasteiger partial charge in [0.25, 0.3) is 0 Å². The standard InChI is InChI=1S/C17H23N3O4/c1-17(2)9-12-13(10-18)16(23-8-5-21)19-15(14(12)11-24-17)20-3-6-22-7-4-20/h21H,3-9,11H2,1-2H3. The van der Waals surface area contributed by atoms with Crippen LogP contribution < -0.4 is 9.64 Å². The lowest BCUT2D eigenvalue weighted by Crippen LogP contribution is -2.39. The molecule has 0 aromatic carbocycles. The second-order valence-corrected chi connectivity index (χ2v) is 6.58. The molecule has 1 fully saturated rings. The molecule has 3 rings (SSSR count). The number of rotatable bonds is 4. The molecule has 1 saturated heterocycles. The van der Waals surface area contributed by atoms with Gasteiger partial charge in [0.05, 0.1) is 32.0 Å². The normalized spacial score (nSPS) is 19.5. The molecule has 0 amide bonds. The quantitative estimate of drug-likeness (QED) is 0.880. The molecule has 1 aromatic heterocycles. The topological polar surface area (TPSA) is 87.8 Å². The maximum atomic E-state index is 9.64. The van der Waals surface area contributed by atoms with Crippen LogP contribution in [-0.2, 0) is 22.5 Å². The average Bonchev–Trinajstić information content (AvgIpc) is 2.58. The summed E-state index contributed by atoms with van der Waals surface area (Å²) in [5.41, 5.74) is 2.02. The minimum Gasteiger partial charge on any atom is -0.474 e. The van der Waals surface area contributed by atoms with Gasteiger partial charge in [-0.15, -0.1) is 0 Å². The van der Waals surface area contributed by atoms with Crippen molar-refractivity contribution in [1.82, 2.24) is 4.98 Å². The van der Waals surface area contributed by atoms with Crippen molar-refractivity contribution in [2.24, 2.45) is 0 Å². The van der Waals surface area contributed by atoms with Gasteiger partial charge in [-0.2, -0.15) is 10.2 Å². The molecule has 0 radical (unpaired) electrons. The summed E-state index contributed by atoms with van der Waals surface area (Å²) >= 11 is 0. The number of hydrogen-bond donors (Lipinski definition) is 1. The minimum absolute atomic E-state index is 0.114. The number of nitriles is 1. The summed E-state index contributed by atoms with van der Waals surface area (Å²) in [6.45, 7) is 7.24. The van der Waals surface area contributed by atoms with Crippen molar-refractivity contribution in [3.8, 4) is 11.9 Å². The number of anilines is 1. The summed E-state index contributed by atoms with van der Waals surface area (Å²) in [7, 11) is 0. The van der Waals surface area contributed by atoms with Gasteiger partial charge >= 0.3 is 0 Å². The lowest BCUT2D eigenvalue weighted by atomic mass is 9.89. The molecule has 7 heteroatoms. The molecule has 1 aromatic rings. The number of hydrogen-bond acceptors (Lipinski definition) is 7. The summed E-state index contributed by atoms with van der Waals surface area (Å²) in [6, 6.07) is 2.23. The fourth-order valence-electron chi connectivity index (χ4n) is 3.12. The minimum atomic E-state index is -0.337. The number of pyridine rings is 1. The van der Waals surface area contributed by atoms with E-state index in [4.69, 9.17) is 19.3 Å². The summed E-state index contributed by atoms with van der Waals surface area (Å²) < 4.78 is 16.9. The van der Waals surface area contributed by atoms with Crippen molar-refractivity contribution < 1.29 is 19.3 Å². The van der Waals surface area contributed by atoms with Crippen LogP contribution in [0.15, 0.2) is 0 Å². The van der Waals surface area contributed by atoms with E-state index < -0.39 is 0 Å². The lowest BCUT2D eigenvalue weighted by molar-refractivity contribution is -0.0402. The Balaban J connectivity index is 2.09. The first kappa shape index (κ1) is 17.0. The molecule has 2 aliphatic rings. The summed E-state index contributed by atoms with van der Waals surface area (Å²) in [5.74, 6) is 1.10. The van der Waals surface area contributed by atoms with Crippen LogP contribution in [0.3, 0.4) is 0 Å². The number of ether oxygens (including phenoxy) is 3. The van der Waals surface area contributed by atoms with Crippen molar-refractivity contribution in [3.63, 3.8) is 0 Å². The van der Waals surface area contributed by atoms with Crippen LogP contribution in [0.4, 0.5) is 5.82 Å². The predicted octanol–water partition coefficient (Wildman–Crippen LogP) is 1.01. The summed E-state index contributed by atoms with van der Waals surface area (Å²) in [4.78, 5) is 6.75. The maximum absolute atomic E-state index is 9.64. The van der Waals surface area contributed by atoms with Crippen LogP contribution in [0, 0.1) is 11.3 Å². The number of aliphatic hydroxyl groups excluding tert-OH is 1. The molecule has 0 spiro atoms. The van der Waals surface area contributed by atoms with Crippen LogP contribution in [0.5, 0.6) is 5.88 Å². The zero-order chi connectivity index (χ0) is 17.2. The fraction of sp³-hybridized carbons (Fsp3) is 0.647. The Morgan fingerprint density at radius 2 is 2.08 bits per heavy atom. The number of fused-ring (bicyclic) bond motifs is 1. The number of morpholine rings is 1. The van der Waals surface area contributed by atoms with Gasteiger partial charge in [-0.25, -0.2) is 0 Å². The maximum Gasteiger partial charge on any atom is 0.234 e. The highest BCUT2D eigenvalue weighted by atomic mass is 16.5. The van der Waals surface area contributed by atoms with Crippen LogP contribution >= 0.6 is 0 Å². The first-order valence-corrected chi connectivity index (χ1v) is 8.22. The van der Waals surface area contributed by atoms with Gasteiger partial charge in [-0.05, 0) is 19.4 Å². The number of aromatic nitrogens is 1. The second-order valence-electron chi connectivity index (χ2n) is 6.58. The van der Waals surface area contributed by atoms with Crippen LogP contribution in [0.25, 0.3) is 0 Å². The molecule has 0 unspecified atom stereocenters. The lowest BCUT2D eigenvalue weighted by Gasteiger charge is -2.36. The summed E-state index contributed by atoms with van der Waals surface area (Å²) in [5, 5.41) is 18.7. The Labute approximate surface area is 141 Å². The van der Waals surface area contributed by atoms with E-state index in [-0.39, 0.29) is 18.8 Å². The molecule has 24 heavy (non-hydrogen) atoms. The Hall–Kier alpha value is -1.88. The largest absolute Gasteiger partial charge is 0.474 e. The smallest absolute Gasteiger partial charge is 0.234 e. The number of aliphatic hydroxyl groups is 1. The molecule has 0 saturated carbocycles. The Kier molecular flexibility index (Phi) is 4.90. The van der Waals surface area contributed by atoms with Crippen molar-refractivity contribution in [2.45, 2.75) is 32.5 Å². The van der Waals surface area contributed by atoms with E-state index in [0.717, 1.165) is 30.0 Å².